The van der Waals surface area contributed by atoms with Crippen molar-refractivity contribution in [3.8, 4) is 28.3 Å². The maximum Gasteiger partial charge on any atom is 0.205 e. The highest BCUT2D eigenvalue weighted by Crippen LogP contribution is 2.40. The van der Waals surface area contributed by atoms with Crippen LogP contribution in [0.15, 0.2) is 146 Å². The van der Waals surface area contributed by atoms with Crippen LogP contribution in [-0.2, 0) is 31.5 Å². The van der Waals surface area contributed by atoms with Crippen LogP contribution in [0.1, 0.15) is 46.1 Å². The summed E-state index contributed by atoms with van der Waals surface area (Å²) in [6.07, 6.45) is 1.82. The molecule has 1 aliphatic heterocycles. The summed E-state index contributed by atoms with van der Waals surface area (Å²) in [7, 11) is 0. The molecule has 0 radical (unpaired) electrons. The summed E-state index contributed by atoms with van der Waals surface area (Å²) in [6, 6.07) is 50.1. The number of hydrogen-bond acceptors (Lipinski definition) is 6. The number of benzene rings is 5. The van der Waals surface area contributed by atoms with Crippen molar-refractivity contribution in [3.63, 3.8) is 0 Å². The largest absolute Gasteiger partial charge is 0.488 e. The molecule has 0 spiro atoms. The number of rotatable bonds is 10. The molecule has 0 atom stereocenters. The van der Waals surface area contributed by atoms with Gasteiger partial charge in [0.2, 0.25) is 5.82 Å². The van der Waals surface area contributed by atoms with Gasteiger partial charge < -0.3 is 10.1 Å². The molecule has 0 aliphatic carbocycles. The van der Waals surface area contributed by atoms with Crippen molar-refractivity contribution in [3.05, 3.63) is 185 Å². The van der Waals surface area contributed by atoms with Crippen LogP contribution in [0.5, 0.6) is 5.75 Å². The maximum absolute atomic E-state index is 6.40. The second kappa shape index (κ2) is 13.9. The van der Waals surface area contributed by atoms with Gasteiger partial charge in [0.05, 0.1) is 5.69 Å². The van der Waals surface area contributed by atoms with Gasteiger partial charge in [-0.15, -0.1) is 15.0 Å². The lowest BCUT2D eigenvalue weighted by atomic mass is 9.77. The van der Waals surface area contributed by atoms with Crippen molar-refractivity contribution in [2.45, 2.75) is 38.5 Å². The molecular weight excluding hydrogens is 617 g/mol. The van der Waals surface area contributed by atoms with E-state index in [2.05, 4.69) is 134 Å². The summed E-state index contributed by atoms with van der Waals surface area (Å²) >= 11 is 0. The molecule has 7 nitrogen and oxygen atoms in total. The van der Waals surface area contributed by atoms with Crippen molar-refractivity contribution in [1.82, 2.24) is 30.5 Å². The Morgan fingerprint density at radius 1 is 0.720 bits per heavy atom. The van der Waals surface area contributed by atoms with Crippen molar-refractivity contribution in [2.75, 3.05) is 6.54 Å². The molecule has 5 aromatic carbocycles. The molecule has 0 saturated carbocycles. The van der Waals surface area contributed by atoms with E-state index in [0.717, 1.165) is 82.0 Å². The molecule has 246 valence electrons. The SMILES string of the molecule is CCc1cc(OCc2ccc(-c3ccccc3-c3nnn(C(c4ccccc4)(c4ccccc4)c4ccccc4)n3)cc2)c2c(n1)CCNC2. The summed E-state index contributed by atoms with van der Waals surface area (Å²) in [5.74, 6) is 1.49. The van der Waals surface area contributed by atoms with Crippen LogP contribution < -0.4 is 10.1 Å². The zero-order valence-corrected chi connectivity index (χ0v) is 28.0. The number of tetrazole rings is 1. The first-order valence-electron chi connectivity index (χ1n) is 17.2. The molecule has 0 amide bonds. The van der Waals surface area contributed by atoms with Crippen LogP contribution in [-0.4, -0.2) is 31.7 Å². The van der Waals surface area contributed by atoms with Crippen molar-refractivity contribution >= 4 is 0 Å². The van der Waals surface area contributed by atoms with Gasteiger partial charge in [0, 0.05) is 42.4 Å². The number of aryl methyl sites for hydroxylation is 1. The van der Waals surface area contributed by atoms with Gasteiger partial charge >= 0.3 is 0 Å². The summed E-state index contributed by atoms with van der Waals surface area (Å²) in [5, 5.41) is 18.1. The summed E-state index contributed by atoms with van der Waals surface area (Å²) < 4.78 is 6.40. The van der Waals surface area contributed by atoms with E-state index in [1.165, 1.54) is 5.56 Å². The Labute approximate surface area is 292 Å². The van der Waals surface area contributed by atoms with Gasteiger partial charge in [-0.2, -0.15) is 0 Å². The highest BCUT2D eigenvalue weighted by Gasteiger charge is 2.41. The summed E-state index contributed by atoms with van der Waals surface area (Å²) in [4.78, 5) is 6.63. The standard InChI is InChI=1S/C43H38N6O/c1-2-36-28-41(39-29-44-27-26-40(39)45-36)50-30-31-22-24-32(25-23-31)37-20-12-13-21-38(37)42-46-48-49(47-42)43(33-14-6-3-7-15-33,34-16-8-4-9-17-34)35-18-10-5-11-19-35/h3-25,28,44H,2,26-27,29-30H2,1H3. The molecular formula is C43H38N6O. The average molecular weight is 655 g/mol. The summed E-state index contributed by atoms with van der Waals surface area (Å²) in [5.41, 5.74) is 9.81. The first-order chi connectivity index (χ1) is 24.7. The number of aromatic nitrogens is 5. The third-order valence-corrected chi connectivity index (χ3v) is 9.54. The third-order valence-electron chi connectivity index (χ3n) is 9.54. The average Bonchev–Trinajstić information content (AvgIpc) is 3.69. The van der Waals surface area contributed by atoms with Gasteiger partial charge in [-0.1, -0.05) is 146 Å². The van der Waals surface area contributed by atoms with Gasteiger partial charge in [0.15, 0.2) is 5.54 Å². The minimum atomic E-state index is -0.840. The fourth-order valence-corrected chi connectivity index (χ4v) is 7.00. The van der Waals surface area contributed by atoms with Gasteiger partial charge in [-0.3, -0.25) is 4.98 Å². The van der Waals surface area contributed by atoms with E-state index in [0.29, 0.717) is 12.4 Å². The molecule has 1 N–H and O–H groups in total. The predicted molar refractivity (Wildman–Crippen MR) is 197 cm³/mol. The number of ether oxygens (including phenoxy) is 1. The van der Waals surface area contributed by atoms with Crippen LogP contribution in [0.25, 0.3) is 22.5 Å². The van der Waals surface area contributed by atoms with E-state index >= 15 is 0 Å². The van der Waals surface area contributed by atoms with Gasteiger partial charge in [-0.25, -0.2) is 0 Å². The highest BCUT2D eigenvalue weighted by atomic mass is 16.5. The second-order valence-electron chi connectivity index (χ2n) is 12.6. The third kappa shape index (κ3) is 5.86. The molecule has 2 aromatic heterocycles. The molecule has 3 heterocycles. The Balaban J connectivity index is 1.13. The highest BCUT2D eigenvalue weighted by molar-refractivity contribution is 5.80. The number of hydrogen-bond donors (Lipinski definition) is 1. The second-order valence-corrected chi connectivity index (χ2v) is 12.6. The van der Waals surface area contributed by atoms with Crippen molar-refractivity contribution in [2.24, 2.45) is 0 Å². The van der Waals surface area contributed by atoms with Crippen LogP contribution in [0.3, 0.4) is 0 Å². The number of nitrogens with one attached hydrogen (secondary N) is 1. The normalized spacial score (nSPS) is 12.7. The van der Waals surface area contributed by atoms with Crippen LogP contribution >= 0.6 is 0 Å². The minimum Gasteiger partial charge on any atom is -0.488 e. The van der Waals surface area contributed by atoms with E-state index < -0.39 is 5.54 Å². The molecule has 0 saturated heterocycles. The maximum atomic E-state index is 6.40. The lowest BCUT2D eigenvalue weighted by Gasteiger charge is -2.34. The fourth-order valence-electron chi connectivity index (χ4n) is 7.00. The molecule has 0 unspecified atom stereocenters. The zero-order chi connectivity index (χ0) is 33.8. The Morgan fingerprint density at radius 3 is 1.94 bits per heavy atom. The molecule has 7 aromatic rings. The Hall–Kier alpha value is -5.92. The van der Waals surface area contributed by atoms with E-state index in [-0.39, 0.29) is 0 Å². The van der Waals surface area contributed by atoms with Crippen LogP contribution in [0, 0.1) is 0 Å². The van der Waals surface area contributed by atoms with Crippen molar-refractivity contribution < 1.29 is 4.74 Å². The lowest BCUT2D eigenvalue weighted by molar-refractivity contribution is 0.299. The van der Waals surface area contributed by atoms with E-state index in [9.17, 15) is 0 Å². The van der Waals surface area contributed by atoms with E-state index in [4.69, 9.17) is 25.1 Å². The smallest absolute Gasteiger partial charge is 0.205 e. The van der Waals surface area contributed by atoms with E-state index in [1.807, 2.05) is 24.3 Å². The molecule has 0 bridgehead atoms. The lowest BCUT2D eigenvalue weighted by Crippen LogP contribution is -2.39. The van der Waals surface area contributed by atoms with Gasteiger partial charge in [-0.05, 0) is 45.0 Å². The van der Waals surface area contributed by atoms with E-state index in [1.54, 1.807) is 4.80 Å². The van der Waals surface area contributed by atoms with Crippen LogP contribution in [0.4, 0.5) is 0 Å². The monoisotopic (exact) mass is 654 g/mol. The zero-order valence-electron chi connectivity index (χ0n) is 28.0. The fraction of sp³-hybridized carbons (Fsp3) is 0.163. The quantitative estimate of drug-likeness (QED) is 0.151. The number of nitrogens with zero attached hydrogens (tertiary/aromatic N) is 5. The minimum absolute atomic E-state index is 0.484. The molecule has 50 heavy (non-hydrogen) atoms. The first kappa shape index (κ1) is 31.4. The number of pyridine rings is 1. The molecule has 0 fully saturated rings. The predicted octanol–water partition coefficient (Wildman–Crippen LogP) is 8.03. The molecule has 1 aliphatic rings. The Morgan fingerprint density at radius 2 is 1.32 bits per heavy atom. The number of fused-ring (bicyclic) bond motifs is 1. The Bertz CT molecular complexity index is 2100. The van der Waals surface area contributed by atoms with Crippen molar-refractivity contribution in [1.29, 1.82) is 0 Å². The topological polar surface area (TPSA) is 77.8 Å². The van der Waals surface area contributed by atoms with Gasteiger partial charge in [0.25, 0.3) is 0 Å². The molecule has 7 heteroatoms. The van der Waals surface area contributed by atoms with Crippen LogP contribution in [0.2, 0.25) is 0 Å². The van der Waals surface area contributed by atoms with Gasteiger partial charge in [0.1, 0.15) is 12.4 Å². The summed E-state index contributed by atoms with van der Waals surface area (Å²) in [6.45, 7) is 4.37. The molecule has 8 rings (SSSR count). The Kier molecular flexibility index (Phi) is 8.72. The first-order valence-corrected chi connectivity index (χ1v) is 17.2.